The monoisotopic (exact) mass is 252 g/mol. The number of nitrogen functional groups attached to an aromatic ring is 1. The van der Waals surface area contributed by atoms with E-state index < -0.39 is 0 Å². The topological polar surface area (TPSA) is 73.5 Å². The minimum Gasteiger partial charge on any atom is -0.481 e. The van der Waals surface area contributed by atoms with E-state index in [-0.39, 0.29) is 5.95 Å². The zero-order valence-electron chi connectivity index (χ0n) is 10.9. The molecular weight excluding hydrogens is 232 g/mol. The summed E-state index contributed by atoms with van der Waals surface area (Å²) in [7, 11) is 3.67. The molecule has 1 fully saturated rings. The SMILES string of the molecule is COc1cc(OCC2CCCCN2C)nc(N)n1. The van der Waals surface area contributed by atoms with Gasteiger partial charge in [0.25, 0.3) is 0 Å². The summed E-state index contributed by atoms with van der Waals surface area (Å²) in [5, 5.41) is 0. The Morgan fingerprint density at radius 1 is 1.39 bits per heavy atom. The standard InChI is InChI=1S/C12H20N4O2/c1-16-6-4-3-5-9(16)8-18-11-7-10(17-2)14-12(13)15-11/h7,9H,3-6,8H2,1-2H3,(H2,13,14,15). The van der Waals surface area contributed by atoms with E-state index >= 15 is 0 Å². The number of piperidine rings is 1. The predicted molar refractivity (Wildman–Crippen MR) is 68.8 cm³/mol. The Balaban J connectivity index is 1.94. The fourth-order valence-electron chi connectivity index (χ4n) is 2.14. The first-order valence-electron chi connectivity index (χ1n) is 6.20. The van der Waals surface area contributed by atoms with E-state index in [9.17, 15) is 0 Å². The summed E-state index contributed by atoms with van der Waals surface area (Å²) in [4.78, 5) is 10.3. The molecular formula is C12H20N4O2. The van der Waals surface area contributed by atoms with Crippen molar-refractivity contribution in [3.63, 3.8) is 0 Å². The zero-order chi connectivity index (χ0) is 13.0. The van der Waals surface area contributed by atoms with Gasteiger partial charge in [-0.2, -0.15) is 9.97 Å². The van der Waals surface area contributed by atoms with E-state index in [1.807, 2.05) is 0 Å². The number of likely N-dealkylation sites (tertiary alicyclic amines) is 1. The molecule has 1 aliphatic heterocycles. The molecule has 2 rings (SSSR count). The van der Waals surface area contributed by atoms with Gasteiger partial charge < -0.3 is 20.1 Å². The lowest BCUT2D eigenvalue weighted by Gasteiger charge is -2.31. The molecule has 0 radical (unpaired) electrons. The second-order valence-corrected chi connectivity index (χ2v) is 4.55. The Morgan fingerprint density at radius 2 is 2.17 bits per heavy atom. The maximum atomic E-state index is 5.69. The van der Waals surface area contributed by atoms with E-state index in [4.69, 9.17) is 15.2 Å². The molecule has 0 bridgehead atoms. The number of nitrogens with zero attached hydrogens (tertiary/aromatic N) is 3. The summed E-state index contributed by atoms with van der Waals surface area (Å²) in [6.07, 6.45) is 3.68. The third kappa shape index (κ3) is 3.22. The zero-order valence-corrected chi connectivity index (χ0v) is 10.9. The molecule has 1 atom stereocenters. The highest BCUT2D eigenvalue weighted by atomic mass is 16.5. The number of hydrogen-bond donors (Lipinski definition) is 1. The Labute approximate surface area is 107 Å². The molecule has 2 N–H and O–H groups in total. The summed E-state index contributed by atoms with van der Waals surface area (Å²) in [5.41, 5.74) is 5.58. The van der Waals surface area contributed by atoms with Crippen LogP contribution in [-0.2, 0) is 0 Å². The Bertz CT molecular complexity index is 400. The van der Waals surface area contributed by atoms with Crippen LogP contribution in [0.2, 0.25) is 0 Å². The van der Waals surface area contributed by atoms with Crippen LogP contribution >= 0.6 is 0 Å². The average molecular weight is 252 g/mol. The number of anilines is 1. The number of rotatable bonds is 4. The Morgan fingerprint density at radius 3 is 2.89 bits per heavy atom. The first-order valence-corrected chi connectivity index (χ1v) is 6.20. The first-order chi connectivity index (χ1) is 8.69. The fraction of sp³-hybridized carbons (Fsp3) is 0.667. The average Bonchev–Trinajstić information content (AvgIpc) is 2.37. The van der Waals surface area contributed by atoms with Crippen LogP contribution in [0.1, 0.15) is 19.3 Å². The van der Waals surface area contributed by atoms with Gasteiger partial charge in [-0.1, -0.05) is 6.42 Å². The van der Waals surface area contributed by atoms with Crippen LogP contribution in [0.4, 0.5) is 5.95 Å². The van der Waals surface area contributed by atoms with Gasteiger partial charge in [0.05, 0.1) is 13.2 Å². The van der Waals surface area contributed by atoms with Crippen molar-refractivity contribution in [2.45, 2.75) is 25.3 Å². The third-order valence-corrected chi connectivity index (χ3v) is 3.25. The molecule has 6 heteroatoms. The fourth-order valence-corrected chi connectivity index (χ4v) is 2.14. The number of aromatic nitrogens is 2. The summed E-state index contributed by atoms with van der Waals surface area (Å²) < 4.78 is 10.7. The second-order valence-electron chi connectivity index (χ2n) is 4.55. The molecule has 1 unspecified atom stereocenters. The highest BCUT2D eigenvalue weighted by molar-refractivity contribution is 5.29. The number of methoxy groups -OCH3 is 1. The normalized spacial score (nSPS) is 20.7. The van der Waals surface area contributed by atoms with Gasteiger partial charge in [-0.15, -0.1) is 0 Å². The summed E-state index contributed by atoms with van der Waals surface area (Å²) >= 11 is 0. The van der Waals surface area contributed by atoms with Crippen molar-refractivity contribution >= 4 is 5.95 Å². The molecule has 18 heavy (non-hydrogen) atoms. The quantitative estimate of drug-likeness (QED) is 0.859. The van der Waals surface area contributed by atoms with E-state index in [2.05, 4.69) is 21.9 Å². The molecule has 1 saturated heterocycles. The van der Waals surface area contributed by atoms with Gasteiger partial charge in [0.15, 0.2) is 0 Å². The number of nitrogens with two attached hydrogens (primary N) is 1. The number of likely N-dealkylation sites (N-methyl/N-ethyl adjacent to an activating group) is 1. The van der Waals surface area contributed by atoms with Gasteiger partial charge in [-0.05, 0) is 26.4 Å². The molecule has 0 spiro atoms. The van der Waals surface area contributed by atoms with Gasteiger partial charge in [0, 0.05) is 6.04 Å². The molecule has 1 aromatic heterocycles. The molecule has 2 heterocycles. The minimum absolute atomic E-state index is 0.168. The highest BCUT2D eigenvalue weighted by Gasteiger charge is 2.19. The summed E-state index contributed by atoms with van der Waals surface area (Å²) in [6, 6.07) is 2.10. The molecule has 0 saturated carbocycles. The van der Waals surface area contributed by atoms with Gasteiger partial charge in [0.1, 0.15) is 6.61 Å². The number of ether oxygens (including phenoxy) is 2. The van der Waals surface area contributed by atoms with E-state index in [0.717, 1.165) is 13.0 Å². The smallest absolute Gasteiger partial charge is 0.226 e. The van der Waals surface area contributed by atoms with Crippen LogP contribution in [0.5, 0.6) is 11.8 Å². The van der Waals surface area contributed by atoms with Gasteiger partial charge in [0.2, 0.25) is 17.7 Å². The molecule has 6 nitrogen and oxygen atoms in total. The van der Waals surface area contributed by atoms with Gasteiger partial charge in [-0.3, -0.25) is 0 Å². The minimum atomic E-state index is 0.168. The Kier molecular flexibility index (Phi) is 4.19. The first kappa shape index (κ1) is 12.9. The van der Waals surface area contributed by atoms with Crippen LogP contribution in [-0.4, -0.2) is 48.2 Å². The van der Waals surface area contributed by atoms with Crippen LogP contribution in [0.3, 0.4) is 0 Å². The van der Waals surface area contributed by atoms with Crippen molar-refractivity contribution in [1.29, 1.82) is 0 Å². The van der Waals surface area contributed by atoms with E-state index in [0.29, 0.717) is 24.4 Å². The van der Waals surface area contributed by atoms with E-state index in [1.165, 1.54) is 12.8 Å². The molecule has 0 aromatic carbocycles. The number of hydrogen-bond acceptors (Lipinski definition) is 6. The third-order valence-electron chi connectivity index (χ3n) is 3.25. The van der Waals surface area contributed by atoms with Crippen molar-refractivity contribution in [2.24, 2.45) is 0 Å². The molecule has 1 aliphatic rings. The summed E-state index contributed by atoms with van der Waals surface area (Å²) in [6.45, 7) is 1.75. The van der Waals surface area contributed by atoms with E-state index in [1.54, 1.807) is 13.2 Å². The largest absolute Gasteiger partial charge is 0.481 e. The lowest BCUT2D eigenvalue weighted by molar-refractivity contribution is 0.122. The highest BCUT2D eigenvalue weighted by Crippen LogP contribution is 2.19. The molecule has 0 amide bonds. The Hall–Kier alpha value is -1.56. The molecule has 1 aromatic rings. The lowest BCUT2D eigenvalue weighted by Crippen LogP contribution is -2.40. The van der Waals surface area contributed by atoms with Crippen molar-refractivity contribution in [3.8, 4) is 11.8 Å². The van der Waals surface area contributed by atoms with Crippen LogP contribution < -0.4 is 15.2 Å². The van der Waals surface area contributed by atoms with Crippen molar-refractivity contribution in [2.75, 3.05) is 33.0 Å². The summed E-state index contributed by atoms with van der Waals surface area (Å²) in [5.74, 6) is 1.06. The van der Waals surface area contributed by atoms with Gasteiger partial charge >= 0.3 is 0 Å². The van der Waals surface area contributed by atoms with Crippen molar-refractivity contribution in [1.82, 2.24) is 14.9 Å². The van der Waals surface area contributed by atoms with Crippen molar-refractivity contribution in [3.05, 3.63) is 6.07 Å². The van der Waals surface area contributed by atoms with Crippen LogP contribution in [0, 0.1) is 0 Å². The molecule has 100 valence electrons. The maximum Gasteiger partial charge on any atom is 0.226 e. The van der Waals surface area contributed by atoms with Gasteiger partial charge in [-0.25, -0.2) is 0 Å². The lowest BCUT2D eigenvalue weighted by atomic mass is 10.0. The maximum absolute atomic E-state index is 5.69. The van der Waals surface area contributed by atoms with Crippen LogP contribution in [0.25, 0.3) is 0 Å². The van der Waals surface area contributed by atoms with Crippen LogP contribution in [0.15, 0.2) is 6.07 Å². The predicted octanol–water partition coefficient (Wildman–Crippen LogP) is 0.930. The van der Waals surface area contributed by atoms with Crippen molar-refractivity contribution < 1.29 is 9.47 Å². The second kappa shape index (κ2) is 5.86. The molecule has 0 aliphatic carbocycles.